The fourth-order valence-electron chi connectivity index (χ4n) is 2.96. The zero-order valence-corrected chi connectivity index (χ0v) is 12.9. The molecule has 1 saturated heterocycles. The van der Waals surface area contributed by atoms with Crippen molar-refractivity contribution in [3.8, 4) is 0 Å². The van der Waals surface area contributed by atoms with E-state index in [-0.39, 0.29) is 6.10 Å². The molecule has 1 atom stereocenters. The normalized spacial score (nSPS) is 20.2. The molecule has 0 radical (unpaired) electrons. The summed E-state index contributed by atoms with van der Waals surface area (Å²) in [6.07, 6.45) is 0.286. The van der Waals surface area contributed by atoms with E-state index in [1.54, 1.807) is 0 Å². The number of hydrogen-bond acceptors (Lipinski definition) is 4. The van der Waals surface area contributed by atoms with Gasteiger partial charge < -0.3 is 10.1 Å². The van der Waals surface area contributed by atoms with Crippen LogP contribution < -0.4 is 5.32 Å². The molecule has 1 aliphatic heterocycles. The van der Waals surface area contributed by atoms with Crippen LogP contribution in [0.15, 0.2) is 24.3 Å². The third kappa shape index (κ3) is 3.26. The van der Waals surface area contributed by atoms with Gasteiger partial charge >= 0.3 is 0 Å². The molecule has 5 heteroatoms. The van der Waals surface area contributed by atoms with E-state index < -0.39 is 0 Å². The number of rotatable bonds is 5. The Bertz CT molecular complexity index is 595. The van der Waals surface area contributed by atoms with Gasteiger partial charge in [-0.05, 0) is 12.6 Å². The monoisotopic (exact) mass is 288 g/mol. The Morgan fingerprint density at radius 2 is 2.24 bits per heavy atom. The summed E-state index contributed by atoms with van der Waals surface area (Å²) in [5, 5.41) is 9.33. The molecule has 1 unspecified atom stereocenters. The maximum absolute atomic E-state index is 5.81. The van der Waals surface area contributed by atoms with Crippen LogP contribution in [0.1, 0.15) is 12.6 Å². The van der Waals surface area contributed by atoms with Gasteiger partial charge in [-0.15, -0.1) is 0 Å². The Kier molecular flexibility index (Phi) is 4.53. The molecule has 1 fully saturated rings. The second kappa shape index (κ2) is 6.56. The Morgan fingerprint density at radius 3 is 3.10 bits per heavy atom. The average molecular weight is 288 g/mol. The number of morpholine rings is 1. The van der Waals surface area contributed by atoms with E-state index >= 15 is 0 Å². The fourth-order valence-corrected chi connectivity index (χ4v) is 2.96. The minimum Gasteiger partial charge on any atom is -0.374 e. The highest BCUT2D eigenvalue weighted by molar-refractivity contribution is 5.81. The Morgan fingerprint density at radius 1 is 1.38 bits per heavy atom. The zero-order chi connectivity index (χ0) is 14.7. The highest BCUT2D eigenvalue weighted by atomic mass is 16.5. The van der Waals surface area contributed by atoms with Crippen molar-refractivity contribution in [2.24, 2.45) is 7.05 Å². The van der Waals surface area contributed by atoms with Gasteiger partial charge in [-0.25, -0.2) is 0 Å². The molecule has 0 bridgehead atoms. The van der Waals surface area contributed by atoms with Crippen LogP contribution >= 0.6 is 0 Å². The highest BCUT2D eigenvalue weighted by Gasteiger charge is 2.19. The molecule has 1 aliphatic rings. The first-order valence-electron chi connectivity index (χ1n) is 7.73. The van der Waals surface area contributed by atoms with E-state index in [0.29, 0.717) is 0 Å². The summed E-state index contributed by atoms with van der Waals surface area (Å²) < 4.78 is 7.76. The number of nitrogens with zero attached hydrogens (tertiary/aromatic N) is 3. The standard InChI is InChI=1S/C16H24N4O/c1-3-20-8-9-21-13(12-20)10-17-11-15-14-6-4-5-7-16(14)19(2)18-15/h4-7,13,17H,3,8-12H2,1-2H3. The molecule has 0 spiro atoms. The lowest BCUT2D eigenvalue weighted by Crippen LogP contribution is -2.46. The molecule has 1 aromatic carbocycles. The van der Waals surface area contributed by atoms with Crippen molar-refractivity contribution in [2.45, 2.75) is 19.6 Å². The van der Waals surface area contributed by atoms with Crippen molar-refractivity contribution in [2.75, 3.05) is 32.8 Å². The molecule has 3 rings (SSSR count). The van der Waals surface area contributed by atoms with Crippen molar-refractivity contribution < 1.29 is 4.74 Å². The molecule has 1 aromatic heterocycles. The molecular formula is C16H24N4O. The van der Waals surface area contributed by atoms with Gasteiger partial charge in [0.05, 0.1) is 23.9 Å². The highest BCUT2D eigenvalue weighted by Crippen LogP contribution is 2.17. The van der Waals surface area contributed by atoms with E-state index in [9.17, 15) is 0 Å². The number of aryl methyl sites for hydroxylation is 1. The smallest absolute Gasteiger partial charge is 0.0841 e. The van der Waals surface area contributed by atoms with E-state index in [4.69, 9.17) is 4.74 Å². The number of hydrogen-bond donors (Lipinski definition) is 1. The Hall–Kier alpha value is -1.43. The molecule has 2 heterocycles. The second-order valence-corrected chi connectivity index (χ2v) is 5.60. The molecule has 21 heavy (non-hydrogen) atoms. The summed E-state index contributed by atoms with van der Waals surface area (Å²) in [6.45, 7) is 7.88. The molecule has 1 N–H and O–H groups in total. The lowest BCUT2D eigenvalue weighted by Gasteiger charge is -2.32. The minimum atomic E-state index is 0.286. The maximum Gasteiger partial charge on any atom is 0.0841 e. The van der Waals surface area contributed by atoms with E-state index in [1.807, 2.05) is 11.7 Å². The summed E-state index contributed by atoms with van der Waals surface area (Å²) in [5.41, 5.74) is 2.29. The maximum atomic E-state index is 5.81. The number of ether oxygens (including phenoxy) is 1. The summed E-state index contributed by atoms with van der Waals surface area (Å²) in [5.74, 6) is 0. The third-order valence-electron chi connectivity index (χ3n) is 4.17. The zero-order valence-electron chi connectivity index (χ0n) is 12.9. The van der Waals surface area contributed by atoms with Gasteiger partial charge in [-0.1, -0.05) is 25.1 Å². The van der Waals surface area contributed by atoms with Crippen LogP contribution in [0.5, 0.6) is 0 Å². The first-order chi connectivity index (χ1) is 10.3. The van der Waals surface area contributed by atoms with Crippen molar-refractivity contribution in [1.29, 1.82) is 0 Å². The molecule has 2 aromatic rings. The number of para-hydroxylation sites is 1. The lowest BCUT2D eigenvalue weighted by molar-refractivity contribution is -0.0254. The van der Waals surface area contributed by atoms with Crippen molar-refractivity contribution in [3.05, 3.63) is 30.0 Å². The molecule has 114 valence electrons. The first kappa shape index (κ1) is 14.5. The number of aromatic nitrogens is 2. The van der Waals surface area contributed by atoms with Crippen LogP contribution in [-0.2, 0) is 18.3 Å². The number of benzene rings is 1. The van der Waals surface area contributed by atoms with Gasteiger partial charge in [0.15, 0.2) is 0 Å². The summed E-state index contributed by atoms with van der Waals surface area (Å²) in [7, 11) is 2.00. The van der Waals surface area contributed by atoms with Crippen molar-refractivity contribution in [1.82, 2.24) is 20.0 Å². The first-order valence-corrected chi connectivity index (χ1v) is 7.73. The summed E-state index contributed by atoms with van der Waals surface area (Å²) in [4.78, 5) is 2.44. The Labute approximate surface area is 125 Å². The Balaban J connectivity index is 1.57. The third-order valence-corrected chi connectivity index (χ3v) is 4.17. The number of fused-ring (bicyclic) bond motifs is 1. The summed E-state index contributed by atoms with van der Waals surface area (Å²) in [6, 6.07) is 8.36. The minimum absolute atomic E-state index is 0.286. The van der Waals surface area contributed by atoms with E-state index in [0.717, 1.165) is 45.0 Å². The quantitative estimate of drug-likeness (QED) is 0.903. The number of likely N-dealkylation sites (N-methyl/N-ethyl adjacent to an activating group) is 1. The largest absolute Gasteiger partial charge is 0.374 e. The van der Waals surface area contributed by atoms with Crippen LogP contribution in [0.3, 0.4) is 0 Å². The average Bonchev–Trinajstić information content (AvgIpc) is 2.85. The van der Waals surface area contributed by atoms with Crippen LogP contribution in [0, 0.1) is 0 Å². The van der Waals surface area contributed by atoms with Gasteiger partial charge in [0.25, 0.3) is 0 Å². The predicted octanol–water partition coefficient (Wildman–Crippen LogP) is 1.38. The van der Waals surface area contributed by atoms with Crippen molar-refractivity contribution in [3.63, 3.8) is 0 Å². The molecular weight excluding hydrogens is 264 g/mol. The van der Waals surface area contributed by atoms with Crippen LogP contribution in [0.4, 0.5) is 0 Å². The van der Waals surface area contributed by atoms with Crippen molar-refractivity contribution >= 4 is 10.9 Å². The second-order valence-electron chi connectivity index (χ2n) is 5.60. The topological polar surface area (TPSA) is 42.3 Å². The van der Waals surface area contributed by atoms with Gasteiger partial charge in [0.1, 0.15) is 0 Å². The molecule has 0 amide bonds. The molecule has 0 saturated carbocycles. The summed E-state index contributed by atoms with van der Waals surface area (Å²) >= 11 is 0. The van der Waals surface area contributed by atoms with Crippen LogP contribution in [-0.4, -0.2) is 53.6 Å². The molecule has 5 nitrogen and oxygen atoms in total. The van der Waals surface area contributed by atoms with Gasteiger partial charge in [0.2, 0.25) is 0 Å². The van der Waals surface area contributed by atoms with Gasteiger partial charge in [-0.2, -0.15) is 5.10 Å². The van der Waals surface area contributed by atoms with Crippen LogP contribution in [0.25, 0.3) is 10.9 Å². The van der Waals surface area contributed by atoms with E-state index in [1.165, 1.54) is 10.9 Å². The predicted molar refractivity (Wildman–Crippen MR) is 84.3 cm³/mol. The number of nitrogens with one attached hydrogen (secondary N) is 1. The van der Waals surface area contributed by atoms with Crippen LogP contribution in [0.2, 0.25) is 0 Å². The molecule has 0 aliphatic carbocycles. The fraction of sp³-hybridized carbons (Fsp3) is 0.562. The van der Waals surface area contributed by atoms with Gasteiger partial charge in [0, 0.05) is 38.6 Å². The van der Waals surface area contributed by atoms with Gasteiger partial charge in [-0.3, -0.25) is 9.58 Å². The van der Waals surface area contributed by atoms with E-state index in [2.05, 4.69) is 46.5 Å². The SMILES string of the molecule is CCN1CCOC(CNCc2nn(C)c3ccccc23)C1. The lowest BCUT2D eigenvalue weighted by atomic mass is 10.2.